The normalized spacial score (nSPS) is 10.5. The van der Waals surface area contributed by atoms with Gasteiger partial charge in [-0.2, -0.15) is 5.10 Å². The smallest absolute Gasteiger partial charge is 0.338 e. The number of hydrogen-bond acceptors (Lipinski definition) is 4. The molecule has 3 aromatic rings. The van der Waals surface area contributed by atoms with Gasteiger partial charge in [0.1, 0.15) is 5.75 Å². The summed E-state index contributed by atoms with van der Waals surface area (Å²) in [5.74, 6) is 0.491. The van der Waals surface area contributed by atoms with Crippen molar-refractivity contribution in [3.63, 3.8) is 0 Å². The molecule has 1 aromatic heterocycles. The minimum atomic E-state index is -0.322. The van der Waals surface area contributed by atoms with Crippen LogP contribution in [0.25, 0.3) is 5.69 Å². The van der Waals surface area contributed by atoms with Crippen LogP contribution in [0.3, 0.4) is 0 Å². The lowest BCUT2D eigenvalue weighted by atomic mass is 10.1. The maximum atomic E-state index is 12.1. The fourth-order valence-corrected chi connectivity index (χ4v) is 2.52. The highest BCUT2D eigenvalue weighted by Crippen LogP contribution is 2.14. The van der Waals surface area contributed by atoms with E-state index >= 15 is 0 Å². The number of esters is 1. The lowest BCUT2D eigenvalue weighted by Gasteiger charge is -2.07. The second-order valence-electron chi connectivity index (χ2n) is 5.67. The third kappa shape index (κ3) is 4.07. The van der Waals surface area contributed by atoms with E-state index in [1.807, 2.05) is 54.1 Å². The van der Waals surface area contributed by atoms with Crippen LogP contribution in [0.15, 0.2) is 60.8 Å². The van der Waals surface area contributed by atoms with Crippen molar-refractivity contribution in [2.75, 3.05) is 13.7 Å². The van der Waals surface area contributed by atoms with Crippen LogP contribution in [0.1, 0.15) is 21.6 Å². The molecular weight excluding hydrogens is 316 g/mol. The highest BCUT2D eigenvalue weighted by Gasteiger charge is 2.08. The second kappa shape index (κ2) is 7.66. The summed E-state index contributed by atoms with van der Waals surface area (Å²) in [6.45, 7) is 2.32. The molecule has 0 aliphatic heterocycles. The molecule has 0 aliphatic rings. The molecule has 0 N–H and O–H groups in total. The number of rotatable bonds is 6. The summed E-state index contributed by atoms with van der Waals surface area (Å²) in [5.41, 5.74) is 3.58. The minimum Gasteiger partial charge on any atom is -0.497 e. The van der Waals surface area contributed by atoms with Crippen molar-refractivity contribution >= 4 is 5.97 Å². The summed E-state index contributed by atoms with van der Waals surface area (Å²) in [7, 11) is 1.63. The summed E-state index contributed by atoms with van der Waals surface area (Å²) in [6.07, 6.45) is 2.41. The molecule has 0 saturated carbocycles. The molecule has 0 fully saturated rings. The predicted octanol–water partition coefficient (Wildman–Crippen LogP) is 3.59. The van der Waals surface area contributed by atoms with Gasteiger partial charge in [0.05, 0.1) is 25.0 Å². The molecule has 0 aliphatic carbocycles. The summed E-state index contributed by atoms with van der Waals surface area (Å²) >= 11 is 0. The molecule has 0 bridgehead atoms. The van der Waals surface area contributed by atoms with Crippen molar-refractivity contribution in [1.29, 1.82) is 0 Å². The zero-order chi connectivity index (χ0) is 17.6. The van der Waals surface area contributed by atoms with Gasteiger partial charge in [-0.25, -0.2) is 9.48 Å². The number of aryl methyl sites for hydroxylation is 1. The van der Waals surface area contributed by atoms with E-state index in [9.17, 15) is 4.79 Å². The zero-order valence-corrected chi connectivity index (χ0v) is 14.3. The van der Waals surface area contributed by atoms with E-state index in [2.05, 4.69) is 5.10 Å². The molecule has 0 spiro atoms. The molecule has 0 amide bonds. The van der Waals surface area contributed by atoms with Gasteiger partial charge in [-0.1, -0.05) is 12.1 Å². The van der Waals surface area contributed by atoms with Crippen molar-refractivity contribution in [2.24, 2.45) is 0 Å². The number of nitrogens with zero attached hydrogens (tertiary/aromatic N) is 2. The number of methoxy groups -OCH3 is 1. The number of carbonyl (C=O) groups is 1. The van der Waals surface area contributed by atoms with Gasteiger partial charge >= 0.3 is 5.97 Å². The van der Waals surface area contributed by atoms with Crippen LogP contribution >= 0.6 is 0 Å². The Hall–Kier alpha value is -3.08. The first-order valence-electron chi connectivity index (χ1n) is 8.08. The van der Waals surface area contributed by atoms with Crippen molar-refractivity contribution in [1.82, 2.24) is 9.78 Å². The average Bonchev–Trinajstić information content (AvgIpc) is 3.08. The number of carbonyl (C=O) groups excluding carboxylic acids is 1. The fraction of sp³-hybridized carbons (Fsp3) is 0.200. The average molecular weight is 336 g/mol. The summed E-state index contributed by atoms with van der Waals surface area (Å²) < 4.78 is 12.3. The molecule has 0 saturated heterocycles. The van der Waals surface area contributed by atoms with E-state index < -0.39 is 0 Å². The highest BCUT2D eigenvalue weighted by atomic mass is 16.5. The number of ether oxygens (including phenoxy) is 2. The Labute approximate surface area is 146 Å². The van der Waals surface area contributed by atoms with Crippen LogP contribution < -0.4 is 4.74 Å². The van der Waals surface area contributed by atoms with Crippen LogP contribution in [0.2, 0.25) is 0 Å². The quantitative estimate of drug-likeness (QED) is 0.646. The van der Waals surface area contributed by atoms with Gasteiger partial charge < -0.3 is 9.47 Å². The second-order valence-corrected chi connectivity index (χ2v) is 5.67. The molecule has 1 heterocycles. The van der Waals surface area contributed by atoms with E-state index in [1.165, 1.54) is 0 Å². The zero-order valence-electron chi connectivity index (χ0n) is 14.3. The van der Waals surface area contributed by atoms with Crippen LogP contribution in [-0.4, -0.2) is 29.5 Å². The Morgan fingerprint density at radius 2 is 1.76 bits per heavy atom. The van der Waals surface area contributed by atoms with Crippen molar-refractivity contribution in [2.45, 2.75) is 13.3 Å². The molecule has 0 unspecified atom stereocenters. The Bertz CT molecular complexity index is 836. The standard InChI is InChI=1S/C20H20N2O3/c1-15-11-13-21-22(15)18-7-5-17(6-8-18)20(23)25-14-12-16-3-9-19(24-2)10-4-16/h3-11,13H,12,14H2,1-2H3. The van der Waals surface area contributed by atoms with Gasteiger partial charge in [0.2, 0.25) is 0 Å². The number of benzene rings is 2. The van der Waals surface area contributed by atoms with E-state index in [-0.39, 0.29) is 5.97 Å². The van der Waals surface area contributed by atoms with Gasteiger partial charge in [-0.05, 0) is 55.0 Å². The van der Waals surface area contributed by atoms with Crippen molar-refractivity contribution < 1.29 is 14.3 Å². The maximum Gasteiger partial charge on any atom is 0.338 e. The first kappa shape index (κ1) is 16.8. The Balaban J connectivity index is 1.55. The Morgan fingerprint density at radius 1 is 1.04 bits per heavy atom. The number of hydrogen-bond donors (Lipinski definition) is 0. The van der Waals surface area contributed by atoms with Gasteiger partial charge in [-0.3, -0.25) is 0 Å². The molecule has 5 nitrogen and oxygen atoms in total. The molecule has 5 heteroatoms. The molecule has 2 aromatic carbocycles. The lowest BCUT2D eigenvalue weighted by Crippen LogP contribution is -2.08. The summed E-state index contributed by atoms with van der Waals surface area (Å²) in [5, 5.41) is 4.25. The number of aromatic nitrogens is 2. The van der Waals surface area contributed by atoms with Crippen LogP contribution in [0.5, 0.6) is 5.75 Å². The Morgan fingerprint density at radius 3 is 2.36 bits per heavy atom. The summed E-state index contributed by atoms with van der Waals surface area (Å²) in [6, 6.07) is 16.9. The minimum absolute atomic E-state index is 0.322. The van der Waals surface area contributed by atoms with Gasteiger partial charge in [0, 0.05) is 18.3 Å². The monoisotopic (exact) mass is 336 g/mol. The summed E-state index contributed by atoms with van der Waals surface area (Å²) in [4.78, 5) is 12.1. The maximum absolute atomic E-state index is 12.1. The molecule has 0 atom stereocenters. The van der Waals surface area contributed by atoms with E-state index in [1.54, 1.807) is 25.4 Å². The first-order valence-corrected chi connectivity index (χ1v) is 8.08. The lowest BCUT2D eigenvalue weighted by molar-refractivity contribution is 0.0509. The molecule has 3 rings (SSSR count). The van der Waals surface area contributed by atoms with Crippen molar-refractivity contribution in [3.05, 3.63) is 77.6 Å². The largest absolute Gasteiger partial charge is 0.497 e. The van der Waals surface area contributed by atoms with E-state index in [4.69, 9.17) is 9.47 Å². The third-order valence-electron chi connectivity index (χ3n) is 3.96. The molecule has 0 radical (unpaired) electrons. The predicted molar refractivity (Wildman–Crippen MR) is 95.3 cm³/mol. The van der Waals surface area contributed by atoms with Gasteiger partial charge in [-0.15, -0.1) is 0 Å². The Kier molecular flexibility index (Phi) is 5.14. The van der Waals surface area contributed by atoms with Gasteiger partial charge in [0.15, 0.2) is 0 Å². The third-order valence-corrected chi connectivity index (χ3v) is 3.96. The van der Waals surface area contributed by atoms with Crippen LogP contribution in [0, 0.1) is 6.92 Å². The molecule has 128 valence electrons. The van der Waals surface area contributed by atoms with E-state index in [0.29, 0.717) is 18.6 Å². The highest BCUT2D eigenvalue weighted by molar-refractivity contribution is 5.89. The van der Waals surface area contributed by atoms with Crippen LogP contribution in [0.4, 0.5) is 0 Å². The SMILES string of the molecule is COc1ccc(CCOC(=O)c2ccc(-n3nccc3C)cc2)cc1. The molecule has 25 heavy (non-hydrogen) atoms. The topological polar surface area (TPSA) is 53.4 Å². The molecular formula is C20H20N2O3. The van der Waals surface area contributed by atoms with E-state index in [0.717, 1.165) is 22.7 Å². The fourth-order valence-electron chi connectivity index (χ4n) is 2.52. The van der Waals surface area contributed by atoms with Crippen molar-refractivity contribution in [3.8, 4) is 11.4 Å². The first-order chi connectivity index (χ1) is 12.2. The van der Waals surface area contributed by atoms with Gasteiger partial charge in [0.25, 0.3) is 0 Å². The van der Waals surface area contributed by atoms with Crippen LogP contribution in [-0.2, 0) is 11.2 Å².